The molecule has 5 rings (SSSR count). The third-order valence-electron chi connectivity index (χ3n) is 5.79. The molecule has 0 bridgehead atoms. The van der Waals surface area contributed by atoms with Crippen molar-refractivity contribution in [3.8, 4) is 16.8 Å². The van der Waals surface area contributed by atoms with Gasteiger partial charge in [-0.1, -0.05) is 25.1 Å². The van der Waals surface area contributed by atoms with Gasteiger partial charge in [0.2, 0.25) is 0 Å². The summed E-state index contributed by atoms with van der Waals surface area (Å²) in [6.07, 6.45) is 7.48. The maximum absolute atomic E-state index is 12.3. The number of rotatable bonds is 4. The highest BCUT2D eigenvalue weighted by Crippen LogP contribution is 2.29. The Balaban J connectivity index is 1.40. The molecule has 1 aliphatic heterocycles. The van der Waals surface area contributed by atoms with E-state index < -0.39 is 11.8 Å². The zero-order valence-corrected chi connectivity index (χ0v) is 17.3. The van der Waals surface area contributed by atoms with Crippen molar-refractivity contribution in [1.82, 2.24) is 19.7 Å². The van der Waals surface area contributed by atoms with Crippen LogP contribution in [0.3, 0.4) is 0 Å². The standard InChI is InChI=1S/C24H23N5O2/c1-2-16-4-7-19(8-5-16)29-15-18(13-26-29)17-6-9-21-20(12-17)22(14-25-21)27-23(30)24(31)28-10-3-11-28/h4-9,12-15,25H,2-3,10-11H2,1H3,(H,27,30). The molecule has 1 fully saturated rings. The minimum Gasteiger partial charge on any atom is -0.359 e. The summed E-state index contributed by atoms with van der Waals surface area (Å²) >= 11 is 0. The topological polar surface area (TPSA) is 83.0 Å². The summed E-state index contributed by atoms with van der Waals surface area (Å²) < 4.78 is 1.85. The maximum atomic E-state index is 12.3. The molecule has 0 radical (unpaired) electrons. The normalized spacial score (nSPS) is 13.3. The van der Waals surface area contributed by atoms with Crippen LogP contribution in [0.15, 0.2) is 61.1 Å². The molecule has 3 heterocycles. The Hall–Kier alpha value is -3.87. The van der Waals surface area contributed by atoms with Crippen molar-refractivity contribution in [3.63, 3.8) is 0 Å². The molecule has 7 heteroatoms. The molecule has 0 saturated carbocycles. The number of nitrogens with zero attached hydrogens (tertiary/aromatic N) is 3. The Morgan fingerprint density at radius 1 is 1.10 bits per heavy atom. The van der Waals surface area contributed by atoms with Crippen molar-refractivity contribution in [1.29, 1.82) is 0 Å². The Labute approximate surface area is 179 Å². The van der Waals surface area contributed by atoms with Crippen LogP contribution in [-0.2, 0) is 16.0 Å². The lowest BCUT2D eigenvalue weighted by atomic mass is 10.1. The number of aryl methyl sites for hydroxylation is 1. The second-order valence-electron chi connectivity index (χ2n) is 7.76. The fraction of sp³-hybridized carbons (Fsp3) is 0.208. The molecule has 2 N–H and O–H groups in total. The summed E-state index contributed by atoms with van der Waals surface area (Å²) in [7, 11) is 0. The number of fused-ring (bicyclic) bond motifs is 1. The van der Waals surface area contributed by atoms with Crippen molar-refractivity contribution in [2.45, 2.75) is 19.8 Å². The molecule has 31 heavy (non-hydrogen) atoms. The second kappa shape index (κ2) is 7.75. The fourth-order valence-electron chi connectivity index (χ4n) is 3.74. The lowest BCUT2D eigenvalue weighted by Gasteiger charge is -2.29. The first-order chi connectivity index (χ1) is 15.1. The zero-order valence-electron chi connectivity index (χ0n) is 17.3. The van der Waals surface area contributed by atoms with Crippen molar-refractivity contribution in [3.05, 3.63) is 66.6 Å². The van der Waals surface area contributed by atoms with Gasteiger partial charge in [-0.3, -0.25) is 9.59 Å². The molecule has 2 aromatic heterocycles. The number of aromatic amines is 1. The van der Waals surface area contributed by atoms with Crippen LogP contribution in [0.4, 0.5) is 5.69 Å². The monoisotopic (exact) mass is 413 g/mol. The first-order valence-corrected chi connectivity index (χ1v) is 10.5. The highest BCUT2D eigenvalue weighted by Gasteiger charge is 2.26. The van der Waals surface area contributed by atoms with E-state index in [0.29, 0.717) is 18.8 Å². The zero-order chi connectivity index (χ0) is 21.4. The largest absolute Gasteiger partial charge is 0.359 e. The average molecular weight is 413 g/mol. The van der Waals surface area contributed by atoms with Crippen LogP contribution in [0.25, 0.3) is 27.7 Å². The van der Waals surface area contributed by atoms with Crippen molar-refractivity contribution in [2.75, 3.05) is 18.4 Å². The quantitative estimate of drug-likeness (QED) is 0.500. The van der Waals surface area contributed by atoms with Gasteiger partial charge in [0.05, 0.1) is 17.6 Å². The number of likely N-dealkylation sites (tertiary alicyclic amines) is 1. The van der Waals surface area contributed by atoms with E-state index in [0.717, 1.165) is 40.6 Å². The molecule has 1 aliphatic rings. The van der Waals surface area contributed by atoms with Crippen molar-refractivity contribution in [2.24, 2.45) is 0 Å². The van der Waals surface area contributed by atoms with Gasteiger partial charge in [0.25, 0.3) is 0 Å². The first kappa shape index (κ1) is 19.1. The van der Waals surface area contributed by atoms with Crippen LogP contribution in [-0.4, -0.2) is 44.6 Å². The Bertz CT molecular complexity index is 1260. The fourth-order valence-corrected chi connectivity index (χ4v) is 3.74. The lowest BCUT2D eigenvalue weighted by Crippen LogP contribution is -2.47. The summed E-state index contributed by atoms with van der Waals surface area (Å²) in [6.45, 7) is 3.43. The Morgan fingerprint density at radius 3 is 2.61 bits per heavy atom. The van der Waals surface area contributed by atoms with E-state index in [9.17, 15) is 9.59 Å². The highest BCUT2D eigenvalue weighted by atomic mass is 16.2. The van der Waals surface area contributed by atoms with Gasteiger partial charge in [-0.05, 0) is 48.2 Å². The van der Waals surface area contributed by atoms with Crippen LogP contribution in [0.1, 0.15) is 18.9 Å². The smallest absolute Gasteiger partial charge is 0.313 e. The van der Waals surface area contributed by atoms with Crippen LogP contribution < -0.4 is 5.32 Å². The molecule has 0 spiro atoms. The molecule has 0 atom stereocenters. The van der Waals surface area contributed by atoms with E-state index in [4.69, 9.17) is 0 Å². The molecule has 1 saturated heterocycles. The van der Waals surface area contributed by atoms with Crippen LogP contribution >= 0.6 is 0 Å². The van der Waals surface area contributed by atoms with Gasteiger partial charge < -0.3 is 15.2 Å². The Morgan fingerprint density at radius 2 is 1.90 bits per heavy atom. The number of amides is 2. The highest BCUT2D eigenvalue weighted by molar-refractivity contribution is 6.40. The Kier molecular flexibility index (Phi) is 4.78. The number of carbonyl (C=O) groups is 2. The number of H-pyrrole nitrogens is 1. The maximum Gasteiger partial charge on any atom is 0.313 e. The van der Waals surface area contributed by atoms with E-state index in [-0.39, 0.29) is 0 Å². The van der Waals surface area contributed by atoms with Crippen molar-refractivity contribution < 1.29 is 9.59 Å². The summed E-state index contributed by atoms with van der Waals surface area (Å²) in [4.78, 5) is 29.2. The van der Waals surface area contributed by atoms with Gasteiger partial charge >= 0.3 is 11.8 Å². The molecule has 156 valence electrons. The second-order valence-corrected chi connectivity index (χ2v) is 7.76. The van der Waals surface area contributed by atoms with Gasteiger partial charge in [0.15, 0.2) is 0 Å². The molecular weight excluding hydrogens is 390 g/mol. The van der Waals surface area contributed by atoms with E-state index in [2.05, 4.69) is 46.6 Å². The summed E-state index contributed by atoms with van der Waals surface area (Å²) in [5.41, 5.74) is 5.72. The minimum absolute atomic E-state index is 0.480. The van der Waals surface area contributed by atoms with Crippen LogP contribution in [0.2, 0.25) is 0 Å². The predicted molar refractivity (Wildman–Crippen MR) is 120 cm³/mol. The van der Waals surface area contributed by atoms with Crippen molar-refractivity contribution >= 4 is 28.4 Å². The average Bonchev–Trinajstić information content (AvgIpc) is 3.40. The van der Waals surface area contributed by atoms with Gasteiger partial charge in [-0.25, -0.2) is 4.68 Å². The number of aromatic nitrogens is 3. The van der Waals surface area contributed by atoms with Gasteiger partial charge in [0.1, 0.15) is 0 Å². The van der Waals surface area contributed by atoms with E-state index in [1.807, 2.05) is 35.3 Å². The molecular formula is C24H23N5O2. The van der Waals surface area contributed by atoms with Gasteiger partial charge in [-0.2, -0.15) is 5.10 Å². The minimum atomic E-state index is -0.602. The van der Waals surface area contributed by atoms with Crippen LogP contribution in [0, 0.1) is 0 Å². The van der Waals surface area contributed by atoms with E-state index in [1.54, 1.807) is 11.1 Å². The van der Waals surface area contributed by atoms with E-state index >= 15 is 0 Å². The first-order valence-electron chi connectivity index (χ1n) is 10.5. The molecule has 7 nitrogen and oxygen atoms in total. The predicted octanol–water partition coefficient (Wildman–Crippen LogP) is 3.75. The van der Waals surface area contributed by atoms with Gasteiger partial charge in [0, 0.05) is 41.9 Å². The number of benzene rings is 2. The van der Waals surface area contributed by atoms with Gasteiger partial charge in [-0.15, -0.1) is 0 Å². The molecule has 0 aliphatic carbocycles. The summed E-state index contributed by atoms with van der Waals surface area (Å²) in [6, 6.07) is 14.3. The number of nitrogens with one attached hydrogen (secondary N) is 2. The third kappa shape index (κ3) is 3.59. The SMILES string of the molecule is CCc1ccc(-n2cc(-c3ccc4[nH]cc(NC(=O)C(=O)N5CCC5)c4c3)cn2)cc1. The number of carbonyl (C=O) groups excluding carboxylic acids is 2. The molecule has 0 unspecified atom stereocenters. The molecule has 2 amide bonds. The number of anilines is 1. The number of hydrogen-bond acceptors (Lipinski definition) is 3. The summed E-state index contributed by atoms with van der Waals surface area (Å²) in [5, 5.41) is 8.11. The third-order valence-corrected chi connectivity index (χ3v) is 5.79. The lowest BCUT2D eigenvalue weighted by molar-refractivity contribution is -0.145. The molecule has 2 aromatic carbocycles. The molecule has 4 aromatic rings. The van der Waals surface area contributed by atoms with E-state index in [1.165, 1.54) is 5.56 Å². The summed E-state index contributed by atoms with van der Waals surface area (Å²) in [5.74, 6) is -1.08. The van der Waals surface area contributed by atoms with Crippen LogP contribution in [0.5, 0.6) is 0 Å². The number of hydrogen-bond donors (Lipinski definition) is 2.